The van der Waals surface area contributed by atoms with E-state index in [1.165, 1.54) is 34.9 Å². The van der Waals surface area contributed by atoms with Crippen LogP contribution in [0.15, 0.2) is 24.3 Å². The third kappa shape index (κ3) is 1.77. The SMILES string of the molecule is Cc1cc2c(cc1I)sc1c(C)c(Cl)ccc12. The Kier molecular flexibility index (Phi) is 2.84. The van der Waals surface area contributed by atoms with Crippen molar-refractivity contribution in [1.82, 2.24) is 0 Å². The lowest BCUT2D eigenvalue weighted by molar-refractivity contribution is 1.47. The molecule has 17 heavy (non-hydrogen) atoms. The molecule has 1 aromatic heterocycles. The maximum absolute atomic E-state index is 6.18. The lowest BCUT2D eigenvalue weighted by atomic mass is 10.1. The van der Waals surface area contributed by atoms with Crippen molar-refractivity contribution in [3.05, 3.63) is 44.0 Å². The summed E-state index contributed by atoms with van der Waals surface area (Å²) in [6.07, 6.45) is 0. The molecule has 0 unspecified atom stereocenters. The van der Waals surface area contributed by atoms with Gasteiger partial charge in [-0.25, -0.2) is 0 Å². The van der Waals surface area contributed by atoms with Gasteiger partial charge in [0.25, 0.3) is 0 Å². The molecule has 3 rings (SSSR count). The summed E-state index contributed by atoms with van der Waals surface area (Å²) in [6, 6.07) is 8.68. The summed E-state index contributed by atoms with van der Waals surface area (Å²) in [4.78, 5) is 0. The second kappa shape index (κ2) is 4.11. The van der Waals surface area contributed by atoms with Crippen LogP contribution in [0.1, 0.15) is 11.1 Å². The number of aryl methyl sites for hydroxylation is 2. The number of thiophene rings is 1. The van der Waals surface area contributed by atoms with Gasteiger partial charge in [0, 0.05) is 28.8 Å². The van der Waals surface area contributed by atoms with E-state index in [0.717, 1.165) is 5.02 Å². The summed E-state index contributed by atoms with van der Waals surface area (Å²) in [5.41, 5.74) is 2.53. The molecular formula is C14H10ClIS. The first-order valence-electron chi connectivity index (χ1n) is 5.35. The summed E-state index contributed by atoms with van der Waals surface area (Å²) >= 11 is 10.4. The van der Waals surface area contributed by atoms with Gasteiger partial charge in [-0.15, -0.1) is 11.3 Å². The molecular weight excluding hydrogens is 363 g/mol. The first kappa shape index (κ1) is 11.8. The Hall–Kier alpha value is -0.320. The van der Waals surface area contributed by atoms with Gasteiger partial charge in [0.05, 0.1) is 0 Å². The van der Waals surface area contributed by atoms with Gasteiger partial charge in [-0.05, 0) is 65.8 Å². The van der Waals surface area contributed by atoms with Crippen molar-refractivity contribution < 1.29 is 0 Å². The zero-order valence-electron chi connectivity index (χ0n) is 9.47. The molecule has 0 aliphatic carbocycles. The molecule has 3 aromatic rings. The Morgan fingerprint density at radius 1 is 1.12 bits per heavy atom. The fraction of sp³-hybridized carbons (Fsp3) is 0.143. The van der Waals surface area contributed by atoms with E-state index in [9.17, 15) is 0 Å². The molecule has 0 spiro atoms. The predicted octanol–water partition coefficient (Wildman–Crippen LogP) is 5.93. The fourth-order valence-corrected chi connectivity index (χ4v) is 4.20. The topological polar surface area (TPSA) is 0 Å². The van der Waals surface area contributed by atoms with Gasteiger partial charge in [0.2, 0.25) is 0 Å². The van der Waals surface area contributed by atoms with Crippen molar-refractivity contribution in [2.75, 3.05) is 0 Å². The van der Waals surface area contributed by atoms with Crippen LogP contribution >= 0.6 is 45.5 Å². The minimum Gasteiger partial charge on any atom is -0.135 e. The highest BCUT2D eigenvalue weighted by atomic mass is 127. The van der Waals surface area contributed by atoms with Crippen LogP contribution in [0.25, 0.3) is 20.2 Å². The van der Waals surface area contributed by atoms with Crippen LogP contribution in [0, 0.1) is 17.4 Å². The highest BCUT2D eigenvalue weighted by Crippen LogP contribution is 2.39. The molecule has 0 radical (unpaired) electrons. The molecule has 0 saturated heterocycles. The van der Waals surface area contributed by atoms with Gasteiger partial charge in [-0.1, -0.05) is 17.7 Å². The predicted molar refractivity (Wildman–Crippen MR) is 86.5 cm³/mol. The first-order valence-corrected chi connectivity index (χ1v) is 7.62. The van der Waals surface area contributed by atoms with Crippen LogP contribution < -0.4 is 0 Å². The van der Waals surface area contributed by atoms with E-state index in [2.05, 4.69) is 54.6 Å². The lowest BCUT2D eigenvalue weighted by Crippen LogP contribution is -1.78. The quantitative estimate of drug-likeness (QED) is 0.429. The molecule has 0 aliphatic heterocycles. The van der Waals surface area contributed by atoms with Crippen molar-refractivity contribution in [3.8, 4) is 0 Å². The number of hydrogen-bond acceptors (Lipinski definition) is 1. The largest absolute Gasteiger partial charge is 0.135 e. The second-order valence-corrected chi connectivity index (χ2v) is 6.87. The lowest BCUT2D eigenvalue weighted by Gasteiger charge is -1.99. The van der Waals surface area contributed by atoms with Gasteiger partial charge in [-0.2, -0.15) is 0 Å². The maximum atomic E-state index is 6.18. The van der Waals surface area contributed by atoms with Gasteiger partial charge < -0.3 is 0 Å². The molecule has 0 nitrogen and oxygen atoms in total. The molecule has 0 saturated carbocycles. The van der Waals surface area contributed by atoms with Crippen LogP contribution in [0.4, 0.5) is 0 Å². The zero-order chi connectivity index (χ0) is 12.2. The zero-order valence-corrected chi connectivity index (χ0v) is 13.2. The molecule has 86 valence electrons. The minimum atomic E-state index is 0.857. The molecule has 0 aliphatic rings. The highest BCUT2D eigenvalue weighted by Gasteiger charge is 2.10. The molecule has 0 bridgehead atoms. The van der Waals surface area contributed by atoms with Crippen molar-refractivity contribution >= 4 is 65.7 Å². The van der Waals surface area contributed by atoms with Crippen molar-refractivity contribution in [3.63, 3.8) is 0 Å². The number of fused-ring (bicyclic) bond motifs is 3. The molecule has 0 amide bonds. The summed E-state index contributed by atoms with van der Waals surface area (Å²) in [7, 11) is 0. The highest BCUT2D eigenvalue weighted by molar-refractivity contribution is 14.1. The van der Waals surface area contributed by atoms with E-state index >= 15 is 0 Å². The number of hydrogen-bond donors (Lipinski definition) is 0. The summed E-state index contributed by atoms with van der Waals surface area (Å²) in [5, 5.41) is 3.53. The fourth-order valence-electron chi connectivity index (χ4n) is 2.08. The monoisotopic (exact) mass is 372 g/mol. The van der Waals surface area contributed by atoms with E-state index in [-0.39, 0.29) is 0 Å². The minimum absolute atomic E-state index is 0.857. The average molecular weight is 373 g/mol. The first-order chi connectivity index (χ1) is 8.08. The molecule has 2 aromatic carbocycles. The maximum Gasteiger partial charge on any atom is 0.0449 e. The standard InChI is InChI=1S/C14H10ClIS/c1-7-5-10-9-3-4-11(15)8(2)14(9)17-13(10)6-12(7)16/h3-6H,1-2H3. The van der Waals surface area contributed by atoms with Crippen LogP contribution in [0.2, 0.25) is 5.02 Å². The van der Waals surface area contributed by atoms with Crippen LogP contribution in [0.3, 0.4) is 0 Å². The van der Waals surface area contributed by atoms with Crippen molar-refractivity contribution in [2.45, 2.75) is 13.8 Å². The van der Waals surface area contributed by atoms with E-state index in [0.29, 0.717) is 0 Å². The third-order valence-electron chi connectivity index (χ3n) is 3.10. The summed E-state index contributed by atoms with van der Waals surface area (Å²) in [6.45, 7) is 4.26. The molecule has 0 atom stereocenters. The molecule has 1 heterocycles. The van der Waals surface area contributed by atoms with Gasteiger partial charge in [-0.3, -0.25) is 0 Å². The Labute approximate surface area is 123 Å². The van der Waals surface area contributed by atoms with E-state index in [4.69, 9.17) is 11.6 Å². The number of rotatable bonds is 0. The Balaban J connectivity index is 2.54. The third-order valence-corrected chi connectivity index (χ3v) is 5.96. The second-order valence-electron chi connectivity index (χ2n) is 4.25. The van der Waals surface area contributed by atoms with Crippen LogP contribution in [-0.2, 0) is 0 Å². The van der Waals surface area contributed by atoms with E-state index in [1.807, 2.05) is 17.4 Å². The Morgan fingerprint density at radius 3 is 2.65 bits per heavy atom. The Morgan fingerprint density at radius 2 is 1.88 bits per heavy atom. The van der Waals surface area contributed by atoms with E-state index in [1.54, 1.807) is 0 Å². The van der Waals surface area contributed by atoms with Crippen molar-refractivity contribution in [2.24, 2.45) is 0 Å². The molecule has 0 N–H and O–H groups in total. The van der Waals surface area contributed by atoms with Gasteiger partial charge >= 0.3 is 0 Å². The summed E-state index contributed by atoms with van der Waals surface area (Å²) < 4.78 is 3.99. The number of benzene rings is 2. The smallest absolute Gasteiger partial charge is 0.0449 e. The normalized spacial score (nSPS) is 11.5. The van der Waals surface area contributed by atoms with Gasteiger partial charge in [0.15, 0.2) is 0 Å². The van der Waals surface area contributed by atoms with Crippen LogP contribution in [0.5, 0.6) is 0 Å². The van der Waals surface area contributed by atoms with Crippen LogP contribution in [-0.4, -0.2) is 0 Å². The number of halogens is 2. The molecule has 3 heteroatoms. The van der Waals surface area contributed by atoms with Crippen molar-refractivity contribution in [1.29, 1.82) is 0 Å². The summed E-state index contributed by atoms with van der Waals surface area (Å²) in [5.74, 6) is 0. The average Bonchev–Trinajstić information content (AvgIpc) is 2.63. The van der Waals surface area contributed by atoms with Gasteiger partial charge in [0.1, 0.15) is 0 Å². The van der Waals surface area contributed by atoms with E-state index < -0.39 is 0 Å². The Bertz CT molecular complexity index is 743. The molecule has 0 fully saturated rings.